The fourth-order valence-corrected chi connectivity index (χ4v) is 1.49. The zero-order valence-corrected chi connectivity index (χ0v) is 11.1. The van der Waals surface area contributed by atoms with Gasteiger partial charge in [0.05, 0.1) is 4.47 Å². The summed E-state index contributed by atoms with van der Waals surface area (Å²) in [5, 5.41) is 0. The molecule has 0 N–H and O–H groups in total. The molecule has 0 amide bonds. The monoisotopic (exact) mass is 326 g/mol. The van der Waals surface area contributed by atoms with E-state index in [0.717, 1.165) is 6.07 Å². The van der Waals surface area contributed by atoms with Gasteiger partial charge in [-0.15, -0.1) is 13.2 Å². The smallest absolute Gasteiger partial charge is 0.483 e. The van der Waals surface area contributed by atoms with E-state index in [0.29, 0.717) is 0 Å². The molecule has 0 aliphatic carbocycles. The summed E-state index contributed by atoms with van der Waals surface area (Å²) in [4.78, 5) is 11.0. The Kier molecular flexibility index (Phi) is 4.61. The van der Waals surface area contributed by atoms with Gasteiger partial charge in [-0.3, -0.25) is 4.79 Å². The third kappa shape index (κ3) is 4.56. The summed E-state index contributed by atoms with van der Waals surface area (Å²) in [6.45, 7) is 2.91. The van der Waals surface area contributed by atoms with Crippen molar-refractivity contribution in [3.63, 3.8) is 0 Å². The van der Waals surface area contributed by atoms with Gasteiger partial charge >= 0.3 is 6.36 Å². The molecule has 100 valence electrons. The van der Waals surface area contributed by atoms with E-state index in [1.807, 2.05) is 0 Å². The Bertz CT molecular complexity index is 446. The molecule has 0 saturated carbocycles. The summed E-state index contributed by atoms with van der Waals surface area (Å²) in [7, 11) is 0. The fraction of sp³-hybridized carbons (Fsp3) is 0.364. The molecule has 18 heavy (non-hydrogen) atoms. The summed E-state index contributed by atoms with van der Waals surface area (Å²) < 4.78 is 45.1. The second kappa shape index (κ2) is 5.60. The Hall–Kier alpha value is -1.24. The van der Waals surface area contributed by atoms with Crippen LogP contribution in [-0.4, -0.2) is 18.2 Å². The maximum atomic E-state index is 12.0. The number of hydrogen-bond donors (Lipinski definition) is 0. The van der Waals surface area contributed by atoms with E-state index in [9.17, 15) is 18.0 Å². The van der Waals surface area contributed by atoms with Gasteiger partial charge < -0.3 is 9.47 Å². The number of rotatable bonds is 4. The molecule has 1 rings (SSSR count). The molecule has 1 unspecified atom stereocenters. The lowest BCUT2D eigenvalue weighted by molar-refractivity contribution is -0.274. The number of carbonyl (C=O) groups excluding carboxylic acids is 1. The number of ether oxygens (including phenoxy) is 2. The van der Waals surface area contributed by atoms with Crippen LogP contribution in [0.2, 0.25) is 0 Å². The lowest BCUT2D eigenvalue weighted by Gasteiger charge is -2.14. The van der Waals surface area contributed by atoms with E-state index in [1.165, 1.54) is 19.1 Å². The third-order valence-corrected chi connectivity index (χ3v) is 2.63. The predicted molar refractivity (Wildman–Crippen MR) is 61.6 cm³/mol. The lowest BCUT2D eigenvalue weighted by atomic mass is 10.3. The SMILES string of the molecule is CC(=O)C(C)Oc1ccc(OC(F)(F)F)c(Br)c1. The van der Waals surface area contributed by atoms with Crippen LogP contribution in [0.1, 0.15) is 13.8 Å². The molecule has 0 fully saturated rings. The van der Waals surface area contributed by atoms with Crippen LogP contribution in [0.15, 0.2) is 22.7 Å². The van der Waals surface area contributed by atoms with Gasteiger partial charge in [0.1, 0.15) is 11.5 Å². The highest BCUT2D eigenvalue weighted by molar-refractivity contribution is 9.10. The molecule has 3 nitrogen and oxygen atoms in total. The Balaban J connectivity index is 2.83. The number of ketones is 1. The summed E-state index contributed by atoms with van der Waals surface area (Å²) >= 11 is 2.94. The first-order chi connectivity index (χ1) is 8.19. The van der Waals surface area contributed by atoms with Crippen LogP contribution in [0.25, 0.3) is 0 Å². The summed E-state index contributed by atoms with van der Waals surface area (Å²) in [6, 6.07) is 3.71. The van der Waals surface area contributed by atoms with Crippen molar-refractivity contribution in [2.75, 3.05) is 0 Å². The third-order valence-electron chi connectivity index (χ3n) is 2.01. The van der Waals surface area contributed by atoms with Crippen LogP contribution < -0.4 is 9.47 Å². The van der Waals surface area contributed by atoms with Crippen molar-refractivity contribution < 1.29 is 27.4 Å². The number of carbonyl (C=O) groups is 1. The minimum Gasteiger partial charge on any atom is -0.483 e. The Labute approximate surface area is 110 Å². The van der Waals surface area contributed by atoms with Gasteiger partial charge in [-0.05, 0) is 48.0 Å². The van der Waals surface area contributed by atoms with Crippen LogP contribution in [0.5, 0.6) is 11.5 Å². The fourth-order valence-electron chi connectivity index (χ4n) is 1.05. The molecule has 0 radical (unpaired) electrons. The number of hydrogen-bond acceptors (Lipinski definition) is 3. The molecular formula is C11H10BrF3O3. The lowest BCUT2D eigenvalue weighted by Crippen LogP contribution is -2.20. The van der Waals surface area contributed by atoms with Gasteiger partial charge in [-0.2, -0.15) is 0 Å². The molecular weight excluding hydrogens is 317 g/mol. The second-order valence-electron chi connectivity index (χ2n) is 3.51. The molecule has 1 aromatic carbocycles. The first-order valence-corrected chi connectivity index (χ1v) is 5.71. The van der Waals surface area contributed by atoms with E-state index in [2.05, 4.69) is 20.7 Å². The molecule has 0 aromatic heterocycles. The van der Waals surface area contributed by atoms with Crippen LogP contribution in [-0.2, 0) is 4.79 Å². The van der Waals surface area contributed by atoms with Crippen molar-refractivity contribution in [3.05, 3.63) is 22.7 Å². The zero-order valence-electron chi connectivity index (χ0n) is 9.55. The maximum absolute atomic E-state index is 12.0. The molecule has 0 spiro atoms. The number of halogens is 4. The standard InChI is InChI=1S/C11H10BrF3O3/c1-6(16)7(2)17-8-3-4-10(9(12)5-8)18-11(13,14)15/h3-5,7H,1-2H3. The van der Waals surface area contributed by atoms with Crippen LogP contribution in [0, 0.1) is 0 Å². The van der Waals surface area contributed by atoms with Crippen LogP contribution in [0.3, 0.4) is 0 Å². The molecule has 0 aliphatic heterocycles. The van der Waals surface area contributed by atoms with Gasteiger partial charge in [0.25, 0.3) is 0 Å². The van der Waals surface area contributed by atoms with Gasteiger partial charge in [0, 0.05) is 0 Å². The minimum atomic E-state index is -4.75. The van der Waals surface area contributed by atoms with Crippen molar-refractivity contribution in [1.29, 1.82) is 0 Å². The van der Waals surface area contributed by atoms with Crippen molar-refractivity contribution >= 4 is 21.7 Å². The number of Topliss-reactive ketones (excluding diaryl/α,β-unsaturated/α-hetero) is 1. The van der Waals surface area contributed by atoms with Gasteiger partial charge in [-0.25, -0.2) is 0 Å². The predicted octanol–water partition coefficient (Wildman–Crippen LogP) is 3.70. The highest BCUT2D eigenvalue weighted by Gasteiger charge is 2.32. The summed E-state index contributed by atoms with van der Waals surface area (Å²) in [6.07, 6.45) is -5.41. The summed E-state index contributed by atoms with van der Waals surface area (Å²) in [5.41, 5.74) is 0. The van der Waals surface area contributed by atoms with Crippen LogP contribution in [0.4, 0.5) is 13.2 Å². The second-order valence-corrected chi connectivity index (χ2v) is 4.37. The highest BCUT2D eigenvalue weighted by atomic mass is 79.9. The van der Waals surface area contributed by atoms with E-state index in [1.54, 1.807) is 6.92 Å². The molecule has 1 atom stereocenters. The topological polar surface area (TPSA) is 35.5 Å². The average Bonchev–Trinajstić information content (AvgIpc) is 2.20. The van der Waals surface area contributed by atoms with E-state index < -0.39 is 12.5 Å². The zero-order chi connectivity index (χ0) is 13.9. The molecule has 0 heterocycles. The normalized spacial score (nSPS) is 13.0. The number of alkyl halides is 3. The van der Waals surface area contributed by atoms with Crippen molar-refractivity contribution in [2.24, 2.45) is 0 Å². The molecule has 7 heteroatoms. The first kappa shape index (κ1) is 14.8. The Morgan fingerprint density at radius 3 is 2.44 bits per heavy atom. The molecule has 0 saturated heterocycles. The number of benzene rings is 1. The maximum Gasteiger partial charge on any atom is 0.573 e. The van der Waals surface area contributed by atoms with E-state index in [4.69, 9.17) is 4.74 Å². The first-order valence-electron chi connectivity index (χ1n) is 4.91. The van der Waals surface area contributed by atoms with E-state index in [-0.39, 0.29) is 21.8 Å². The van der Waals surface area contributed by atoms with Gasteiger partial charge in [-0.1, -0.05) is 0 Å². The largest absolute Gasteiger partial charge is 0.573 e. The summed E-state index contributed by atoms with van der Waals surface area (Å²) in [5.74, 6) is -0.272. The van der Waals surface area contributed by atoms with Crippen LogP contribution >= 0.6 is 15.9 Å². The van der Waals surface area contributed by atoms with Gasteiger partial charge in [0.2, 0.25) is 0 Å². The van der Waals surface area contributed by atoms with Crippen molar-refractivity contribution in [3.8, 4) is 11.5 Å². The Morgan fingerprint density at radius 1 is 1.39 bits per heavy atom. The van der Waals surface area contributed by atoms with Gasteiger partial charge in [0.15, 0.2) is 11.9 Å². The van der Waals surface area contributed by atoms with E-state index >= 15 is 0 Å². The minimum absolute atomic E-state index is 0.0908. The van der Waals surface area contributed by atoms with Crippen molar-refractivity contribution in [2.45, 2.75) is 26.3 Å². The highest BCUT2D eigenvalue weighted by Crippen LogP contribution is 2.33. The quantitative estimate of drug-likeness (QED) is 0.846. The Morgan fingerprint density at radius 2 is 2.00 bits per heavy atom. The van der Waals surface area contributed by atoms with Crippen molar-refractivity contribution in [1.82, 2.24) is 0 Å². The average molecular weight is 327 g/mol. The molecule has 0 bridgehead atoms. The molecule has 0 aliphatic rings. The molecule has 1 aromatic rings.